The molecule has 0 radical (unpaired) electrons. The molecule has 5 heteroatoms. The second-order valence-corrected chi connectivity index (χ2v) is 7.68. The van der Waals surface area contributed by atoms with E-state index in [1.807, 2.05) is 6.92 Å². The zero-order chi connectivity index (χ0) is 20.2. The Kier molecular flexibility index (Phi) is 5.65. The maximum atomic E-state index is 4.79. The summed E-state index contributed by atoms with van der Waals surface area (Å²) in [5.41, 5.74) is 5.93. The van der Waals surface area contributed by atoms with Gasteiger partial charge in [-0.3, -0.25) is 0 Å². The van der Waals surface area contributed by atoms with Crippen LogP contribution in [0.15, 0.2) is 54.6 Å². The first kappa shape index (κ1) is 19.2. The number of piperazine rings is 1. The first-order valence-corrected chi connectivity index (χ1v) is 10.4. The lowest BCUT2D eigenvalue weighted by atomic mass is 10.1. The first-order valence-electron chi connectivity index (χ1n) is 10.4. The van der Waals surface area contributed by atoms with Crippen LogP contribution < -0.4 is 15.1 Å². The van der Waals surface area contributed by atoms with Gasteiger partial charge in [-0.15, -0.1) is 0 Å². The molecule has 1 fully saturated rings. The van der Waals surface area contributed by atoms with E-state index in [9.17, 15) is 0 Å². The topological polar surface area (TPSA) is 44.3 Å². The minimum absolute atomic E-state index is 0.658. The summed E-state index contributed by atoms with van der Waals surface area (Å²) >= 11 is 0. The van der Waals surface area contributed by atoms with E-state index in [2.05, 4.69) is 88.5 Å². The molecular formula is C24H29N5. The molecule has 4 rings (SSSR count). The smallest absolute Gasteiger partial charge is 0.229 e. The molecule has 0 amide bonds. The van der Waals surface area contributed by atoms with Crippen molar-refractivity contribution in [2.75, 3.05) is 41.3 Å². The van der Waals surface area contributed by atoms with Crippen LogP contribution in [0.25, 0.3) is 0 Å². The fraction of sp³-hybridized carbons (Fsp3) is 0.333. The maximum Gasteiger partial charge on any atom is 0.229 e. The number of hydrogen-bond acceptors (Lipinski definition) is 5. The number of hydrogen-bond donors (Lipinski definition) is 1. The van der Waals surface area contributed by atoms with E-state index in [1.165, 1.54) is 16.8 Å². The van der Waals surface area contributed by atoms with E-state index in [0.29, 0.717) is 5.95 Å². The Bertz CT molecular complexity index is 959. The van der Waals surface area contributed by atoms with Crippen LogP contribution in [0.5, 0.6) is 0 Å². The zero-order valence-electron chi connectivity index (χ0n) is 17.5. The van der Waals surface area contributed by atoms with Gasteiger partial charge in [-0.1, -0.05) is 31.2 Å². The van der Waals surface area contributed by atoms with E-state index in [1.54, 1.807) is 0 Å². The summed E-state index contributed by atoms with van der Waals surface area (Å²) in [5, 5.41) is 3.36. The monoisotopic (exact) mass is 387 g/mol. The summed E-state index contributed by atoms with van der Waals surface area (Å²) in [6, 6.07) is 19.3. The fourth-order valence-corrected chi connectivity index (χ4v) is 3.74. The standard InChI is InChI=1S/C24H29N5/c1-4-20-8-10-21(11-9-20)26-24-25-19(3)17-23(27-24)29-14-12-28(13-15-29)22-7-5-6-18(2)16-22/h5-11,16-17H,4,12-15H2,1-3H3,(H,25,26,27). The van der Waals surface area contributed by atoms with E-state index in [-0.39, 0.29) is 0 Å². The molecule has 0 saturated carbocycles. The Labute approximate surface area is 173 Å². The molecule has 1 aliphatic rings. The van der Waals surface area contributed by atoms with Gasteiger partial charge in [0.2, 0.25) is 5.95 Å². The van der Waals surface area contributed by atoms with Crippen molar-refractivity contribution >= 4 is 23.1 Å². The van der Waals surface area contributed by atoms with E-state index < -0.39 is 0 Å². The Morgan fingerprint density at radius 2 is 1.59 bits per heavy atom. The minimum atomic E-state index is 0.658. The molecule has 1 aromatic heterocycles. The van der Waals surface area contributed by atoms with Crippen molar-refractivity contribution < 1.29 is 0 Å². The van der Waals surface area contributed by atoms with Gasteiger partial charge in [0.05, 0.1) is 0 Å². The van der Waals surface area contributed by atoms with Crippen molar-refractivity contribution in [1.29, 1.82) is 0 Å². The molecular weight excluding hydrogens is 358 g/mol. The summed E-state index contributed by atoms with van der Waals surface area (Å²) in [4.78, 5) is 14.2. The Morgan fingerprint density at radius 3 is 2.28 bits per heavy atom. The van der Waals surface area contributed by atoms with Crippen LogP contribution in [0.3, 0.4) is 0 Å². The number of rotatable bonds is 5. The largest absolute Gasteiger partial charge is 0.368 e. The van der Waals surface area contributed by atoms with Gasteiger partial charge in [-0.05, 0) is 55.7 Å². The van der Waals surface area contributed by atoms with Crippen molar-refractivity contribution in [1.82, 2.24) is 9.97 Å². The van der Waals surface area contributed by atoms with Gasteiger partial charge >= 0.3 is 0 Å². The van der Waals surface area contributed by atoms with Crippen LogP contribution in [-0.4, -0.2) is 36.1 Å². The molecule has 3 aromatic rings. The normalized spacial score (nSPS) is 14.2. The summed E-state index contributed by atoms with van der Waals surface area (Å²) in [6.07, 6.45) is 1.04. The number of aryl methyl sites for hydroxylation is 3. The molecule has 1 saturated heterocycles. The van der Waals surface area contributed by atoms with Crippen LogP contribution in [-0.2, 0) is 6.42 Å². The summed E-state index contributed by atoms with van der Waals surface area (Å²) in [7, 11) is 0. The lowest BCUT2D eigenvalue weighted by Gasteiger charge is -2.37. The van der Waals surface area contributed by atoms with Gasteiger partial charge < -0.3 is 15.1 Å². The molecule has 0 atom stereocenters. The van der Waals surface area contributed by atoms with Crippen molar-refractivity contribution in [3.05, 3.63) is 71.4 Å². The second-order valence-electron chi connectivity index (χ2n) is 7.68. The number of aromatic nitrogens is 2. The second kappa shape index (κ2) is 8.52. The predicted octanol–water partition coefficient (Wildman–Crippen LogP) is 4.73. The molecule has 1 aliphatic heterocycles. The highest BCUT2D eigenvalue weighted by atomic mass is 15.3. The molecule has 1 N–H and O–H groups in total. The fourth-order valence-electron chi connectivity index (χ4n) is 3.74. The van der Waals surface area contributed by atoms with E-state index in [0.717, 1.165) is 49.8 Å². The molecule has 0 spiro atoms. The van der Waals surface area contributed by atoms with Crippen molar-refractivity contribution in [3.8, 4) is 0 Å². The SMILES string of the molecule is CCc1ccc(Nc2nc(C)cc(N3CCN(c4cccc(C)c4)CC3)n2)cc1. The molecule has 29 heavy (non-hydrogen) atoms. The Hall–Kier alpha value is -3.08. The molecule has 2 aromatic carbocycles. The number of benzene rings is 2. The van der Waals surface area contributed by atoms with Gasteiger partial charge in [-0.2, -0.15) is 4.98 Å². The average molecular weight is 388 g/mol. The third-order valence-electron chi connectivity index (χ3n) is 5.43. The van der Waals surface area contributed by atoms with Crippen molar-refractivity contribution in [3.63, 3.8) is 0 Å². The summed E-state index contributed by atoms with van der Waals surface area (Å²) in [5.74, 6) is 1.65. The van der Waals surface area contributed by atoms with Crippen LogP contribution in [0.2, 0.25) is 0 Å². The highest BCUT2D eigenvalue weighted by Gasteiger charge is 2.19. The lowest BCUT2D eigenvalue weighted by molar-refractivity contribution is 0.646. The number of anilines is 4. The summed E-state index contributed by atoms with van der Waals surface area (Å²) in [6.45, 7) is 10.2. The highest BCUT2D eigenvalue weighted by molar-refractivity contribution is 5.57. The van der Waals surface area contributed by atoms with E-state index in [4.69, 9.17) is 4.98 Å². The predicted molar refractivity (Wildman–Crippen MR) is 121 cm³/mol. The molecule has 0 unspecified atom stereocenters. The lowest BCUT2D eigenvalue weighted by Crippen LogP contribution is -2.47. The van der Waals surface area contributed by atoms with Crippen molar-refractivity contribution in [2.45, 2.75) is 27.2 Å². The van der Waals surface area contributed by atoms with Gasteiger partial charge in [0, 0.05) is 49.3 Å². The highest BCUT2D eigenvalue weighted by Crippen LogP contribution is 2.22. The maximum absolute atomic E-state index is 4.79. The van der Waals surface area contributed by atoms with Crippen LogP contribution in [0.1, 0.15) is 23.7 Å². The van der Waals surface area contributed by atoms with Crippen LogP contribution in [0.4, 0.5) is 23.1 Å². The van der Waals surface area contributed by atoms with Crippen molar-refractivity contribution in [2.24, 2.45) is 0 Å². The van der Waals surface area contributed by atoms with Crippen LogP contribution in [0, 0.1) is 13.8 Å². The van der Waals surface area contributed by atoms with Gasteiger partial charge in [0.15, 0.2) is 0 Å². The Morgan fingerprint density at radius 1 is 0.862 bits per heavy atom. The minimum Gasteiger partial charge on any atom is -0.368 e. The summed E-state index contributed by atoms with van der Waals surface area (Å²) < 4.78 is 0. The Balaban J connectivity index is 1.45. The van der Waals surface area contributed by atoms with Gasteiger partial charge in [-0.25, -0.2) is 4.98 Å². The third-order valence-corrected chi connectivity index (χ3v) is 5.43. The number of nitrogens with one attached hydrogen (secondary N) is 1. The molecule has 0 aliphatic carbocycles. The van der Waals surface area contributed by atoms with Gasteiger partial charge in [0.1, 0.15) is 5.82 Å². The molecule has 5 nitrogen and oxygen atoms in total. The molecule has 2 heterocycles. The van der Waals surface area contributed by atoms with Gasteiger partial charge in [0.25, 0.3) is 0 Å². The van der Waals surface area contributed by atoms with E-state index >= 15 is 0 Å². The zero-order valence-corrected chi connectivity index (χ0v) is 17.5. The number of nitrogens with zero attached hydrogens (tertiary/aromatic N) is 4. The third kappa shape index (κ3) is 4.67. The first-order chi connectivity index (χ1) is 14.1. The quantitative estimate of drug-likeness (QED) is 0.686. The molecule has 0 bridgehead atoms. The molecule has 150 valence electrons. The van der Waals surface area contributed by atoms with Crippen LogP contribution >= 0.6 is 0 Å². The average Bonchev–Trinajstić information content (AvgIpc) is 2.74.